The lowest BCUT2D eigenvalue weighted by Gasteiger charge is -2.14. The Morgan fingerprint density at radius 3 is 3.00 bits per heavy atom. The fraction of sp³-hybridized carbons (Fsp3) is 0.529. The van der Waals surface area contributed by atoms with E-state index in [9.17, 15) is 4.79 Å². The summed E-state index contributed by atoms with van der Waals surface area (Å²) in [7, 11) is 0. The molecule has 132 valence electrons. The largest absolute Gasteiger partial charge is 0.344 e. The third kappa shape index (κ3) is 2.89. The number of aryl methyl sites for hydroxylation is 2. The molecule has 2 N–H and O–H groups in total. The lowest BCUT2D eigenvalue weighted by atomic mass is 10.2. The van der Waals surface area contributed by atoms with Gasteiger partial charge in [-0.15, -0.1) is 16.4 Å². The number of carbonyl (C=O) groups excluding carboxylic acids is 1. The lowest BCUT2D eigenvalue weighted by Crippen LogP contribution is -3.12. The molecule has 0 spiro atoms. The smallest absolute Gasteiger partial charge is 0.291 e. The zero-order valence-corrected chi connectivity index (χ0v) is 15.4. The Morgan fingerprint density at radius 2 is 2.20 bits per heavy atom. The number of hydrogen-bond donors (Lipinski definition) is 2. The number of amides is 1. The number of nitrogens with one attached hydrogen (secondary N) is 2. The number of nitrogens with zero attached hydrogens (tertiary/aromatic N) is 4. The summed E-state index contributed by atoms with van der Waals surface area (Å²) >= 11 is 1.75. The molecular formula is C17H23N6OS+. The molecule has 3 aromatic rings. The first-order chi connectivity index (χ1) is 12.2. The van der Waals surface area contributed by atoms with E-state index in [1.807, 2.05) is 0 Å². The van der Waals surface area contributed by atoms with E-state index >= 15 is 0 Å². The van der Waals surface area contributed by atoms with Gasteiger partial charge in [0.1, 0.15) is 11.2 Å². The highest BCUT2D eigenvalue weighted by atomic mass is 32.1. The van der Waals surface area contributed by atoms with E-state index < -0.39 is 0 Å². The van der Waals surface area contributed by atoms with Crippen molar-refractivity contribution in [2.45, 2.75) is 33.1 Å². The van der Waals surface area contributed by atoms with Crippen LogP contribution in [0.2, 0.25) is 0 Å². The van der Waals surface area contributed by atoms with Crippen LogP contribution in [0.5, 0.6) is 0 Å². The molecule has 0 fully saturated rings. The van der Waals surface area contributed by atoms with E-state index in [0.29, 0.717) is 6.54 Å². The Morgan fingerprint density at radius 1 is 1.36 bits per heavy atom. The fourth-order valence-corrected chi connectivity index (χ4v) is 4.75. The third-order valence-corrected chi connectivity index (χ3v) is 6.21. The van der Waals surface area contributed by atoms with Crippen molar-refractivity contribution in [1.29, 1.82) is 0 Å². The maximum atomic E-state index is 12.4. The molecule has 3 aromatic heterocycles. The third-order valence-electron chi connectivity index (χ3n) is 5.01. The van der Waals surface area contributed by atoms with Gasteiger partial charge in [0.2, 0.25) is 5.82 Å². The van der Waals surface area contributed by atoms with Crippen molar-refractivity contribution in [3.8, 4) is 0 Å². The monoisotopic (exact) mass is 359 g/mol. The second kappa shape index (κ2) is 6.68. The summed E-state index contributed by atoms with van der Waals surface area (Å²) in [5.41, 5.74) is 2.10. The normalized spacial score (nSPS) is 13.9. The van der Waals surface area contributed by atoms with Crippen LogP contribution in [0, 0.1) is 0 Å². The van der Waals surface area contributed by atoms with Gasteiger partial charge in [-0.25, -0.2) is 14.5 Å². The van der Waals surface area contributed by atoms with Gasteiger partial charge in [0.15, 0.2) is 5.65 Å². The maximum absolute atomic E-state index is 12.4. The Balaban J connectivity index is 1.59. The van der Waals surface area contributed by atoms with Gasteiger partial charge in [-0.1, -0.05) is 0 Å². The van der Waals surface area contributed by atoms with E-state index in [4.69, 9.17) is 0 Å². The van der Waals surface area contributed by atoms with Crippen molar-refractivity contribution < 1.29 is 9.69 Å². The molecule has 0 bridgehead atoms. The summed E-state index contributed by atoms with van der Waals surface area (Å²) in [6.45, 7) is 7.98. The predicted molar refractivity (Wildman–Crippen MR) is 97.4 cm³/mol. The van der Waals surface area contributed by atoms with Gasteiger partial charge in [-0.05, 0) is 38.7 Å². The molecule has 25 heavy (non-hydrogen) atoms. The van der Waals surface area contributed by atoms with E-state index in [1.165, 1.54) is 21.8 Å². The van der Waals surface area contributed by atoms with Crippen LogP contribution in [-0.2, 0) is 12.8 Å². The number of rotatable bonds is 6. The minimum absolute atomic E-state index is 0.213. The number of carbonyl (C=O) groups is 1. The van der Waals surface area contributed by atoms with Crippen LogP contribution < -0.4 is 10.2 Å². The summed E-state index contributed by atoms with van der Waals surface area (Å²) in [6.07, 6.45) is 5.04. The number of likely N-dealkylation sites (N-methyl/N-ethyl adjacent to an activating group) is 1. The van der Waals surface area contributed by atoms with Crippen molar-refractivity contribution >= 4 is 33.1 Å². The zero-order valence-electron chi connectivity index (χ0n) is 14.6. The van der Waals surface area contributed by atoms with Crippen molar-refractivity contribution in [1.82, 2.24) is 24.9 Å². The second-order valence-corrected chi connectivity index (χ2v) is 7.53. The quantitative estimate of drug-likeness (QED) is 0.671. The number of hydrogen-bond acceptors (Lipinski definition) is 5. The molecule has 0 aliphatic heterocycles. The second-order valence-electron chi connectivity index (χ2n) is 6.45. The zero-order chi connectivity index (χ0) is 17.4. The first-order valence-corrected chi connectivity index (χ1v) is 9.80. The molecule has 7 nitrogen and oxygen atoms in total. The highest BCUT2D eigenvalue weighted by Gasteiger charge is 2.23. The first-order valence-electron chi connectivity index (χ1n) is 8.98. The molecule has 4 rings (SSSR count). The van der Waals surface area contributed by atoms with Crippen LogP contribution in [0.15, 0.2) is 6.33 Å². The SMILES string of the molecule is CC[NH+](CC)CCNC(=O)c1nc2c3c4c(sc3ncn2n1)CCC4. The molecule has 3 heterocycles. The van der Waals surface area contributed by atoms with E-state index in [0.717, 1.165) is 48.3 Å². The van der Waals surface area contributed by atoms with E-state index in [-0.39, 0.29) is 11.7 Å². The highest BCUT2D eigenvalue weighted by molar-refractivity contribution is 7.19. The Hall–Kier alpha value is -2.06. The van der Waals surface area contributed by atoms with Crippen LogP contribution in [-0.4, -0.2) is 51.7 Å². The molecule has 1 amide bonds. The minimum Gasteiger partial charge on any atom is -0.344 e. The summed E-state index contributed by atoms with van der Waals surface area (Å²) < 4.78 is 1.64. The molecular weight excluding hydrogens is 336 g/mol. The molecule has 0 saturated carbocycles. The average molecular weight is 359 g/mol. The fourth-order valence-electron chi connectivity index (χ4n) is 3.52. The topological polar surface area (TPSA) is 76.6 Å². The molecule has 1 aliphatic rings. The summed E-state index contributed by atoms with van der Waals surface area (Å²) in [4.78, 5) is 25.3. The molecule has 1 aliphatic carbocycles. The van der Waals surface area contributed by atoms with Crippen LogP contribution in [0.4, 0.5) is 0 Å². The summed E-state index contributed by atoms with van der Waals surface area (Å²) in [6, 6.07) is 0. The molecule has 0 radical (unpaired) electrons. The van der Waals surface area contributed by atoms with Crippen molar-refractivity contribution in [2.75, 3.05) is 26.2 Å². The van der Waals surface area contributed by atoms with Gasteiger partial charge in [0.25, 0.3) is 5.91 Å². The van der Waals surface area contributed by atoms with Gasteiger partial charge in [0.05, 0.1) is 31.6 Å². The summed E-state index contributed by atoms with van der Waals surface area (Å²) in [5, 5.41) is 8.35. The van der Waals surface area contributed by atoms with Gasteiger partial charge in [-0.2, -0.15) is 0 Å². The number of quaternary nitrogens is 1. The number of aromatic nitrogens is 4. The number of fused-ring (bicyclic) bond motifs is 5. The molecule has 0 aromatic carbocycles. The molecule has 0 unspecified atom stereocenters. The van der Waals surface area contributed by atoms with Crippen molar-refractivity contribution in [2.24, 2.45) is 0 Å². The van der Waals surface area contributed by atoms with E-state index in [1.54, 1.807) is 22.2 Å². The van der Waals surface area contributed by atoms with Crippen molar-refractivity contribution in [3.63, 3.8) is 0 Å². The van der Waals surface area contributed by atoms with Gasteiger partial charge >= 0.3 is 0 Å². The minimum atomic E-state index is -0.213. The van der Waals surface area contributed by atoms with Crippen molar-refractivity contribution in [3.05, 3.63) is 22.6 Å². The van der Waals surface area contributed by atoms with Crippen LogP contribution in [0.3, 0.4) is 0 Å². The lowest BCUT2D eigenvalue weighted by molar-refractivity contribution is -0.895. The molecule has 8 heteroatoms. The van der Waals surface area contributed by atoms with Gasteiger partial charge in [0, 0.05) is 4.88 Å². The summed E-state index contributed by atoms with van der Waals surface area (Å²) in [5.74, 6) is 0.0112. The van der Waals surface area contributed by atoms with Gasteiger partial charge < -0.3 is 10.2 Å². The number of thiophene rings is 1. The van der Waals surface area contributed by atoms with E-state index in [2.05, 4.69) is 34.2 Å². The Bertz CT molecular complexity index is 926. The Kier molecular flexibility index (Phi) is 4.39. The standard InChI is InChI=1S/C17H22N6OS/c1-3-22(4-2)9-8-18-16(24)14-20-15-13-11-6-5-7-12(11)25-17(13)19-10-23(15)21-14/h10H,3-9H2,1-2H3,(H,18,24)/p+1. The molecule has 0 saturated heterocycles. The Labute approximate surface area is 150 Å². The van der Waals surface area contributed by atoms with Crippen LogP contribution >= 0.6 is 11.3 Å². The first kappa shape index (κ1) is 16.4. The predicted octanol–water partition coefficient (Wildman–Crippen LogP) is 0.482. The highest BCUT2D eigenvalue weighted by Crippen LogP contribution is 2.37. The molecule has 0 atom stereocenters. The maximum Gasteiger partial charge on any atom is 0.291 e. The van der Waals surface area contributed by atoms with Crippen LogP contribution in [0.1, 0.15) is 41.3 Å². The average Bonchev–Trinajstić information content (AvgIpc) is 3.30. The van der Waals surface area contributed by atoms with Crippen LogP contribution in [0.25, 0.3) is 15.9 Å². The van der Waals surface area contributed by atoms with Gasteiger partial charge in [-0.3, -0.25) is 4.79 Å².